The molecule has 4 nitrogen and oxygen atoms in total. The van der Waals surface area contributed by atoms with E-state index in [0.29, 0.717) is 12.2 Å². The first-order valence-electron chi connectivity index (χ1n) is 10.6. The number of quaternary nitrogens is 1. The molecule has 2 aromatic carbocycles. The molecule has 0 radical (unpaired) electrons. The maximum absolute atomic E-state index is 12.8. The average Bonchev–Trinajstić information content (AvgIpc) is 2.60. The zero-order valence-corrected chi connectivity index (χ0v) is 19.9. The van der Waals surface area contributed by atoms with Crippen molar-refractivity contribution in [2.75, 3.05) is 27.2 Å². The second-order valence-electron chi connectivity index (χ2n) is 10.9. The molecule has 2 aromatic rings. The predicted octanol–water partition coefficient (Wildman–Crippen LogP) is 5.42. The molecule has 0 aliphatic rings. The maximum Gasteiger partial charge on any atom is 0.338 e. The van der Waals surface area contributed by atoms with Gasteiger partial charge in [-0.1, -0.05) is 71.9 Å². The van der Waals surface area contributed by atoms with Crippen LogP contribution in [0.4, 0.5) is 0 Å². The Balaban J connectivity index is 2.15. The van der Waals surface area contributed by atoms with Gasteiger partial charge in [0, 0.05) is 16.7 Å². The summed E-state index contributed by atoms with van der Waals surface area (Å²) in [5, 5.41) is 10.8. The van der Waals surface area contributed by atoms with Gasteiger partial charge in [0.05, 0.1) is 19.7 Å². The lowest BCUT2D eigenvalue weighted by Gasteiger charge is -2.30. The van der Waals surface area contributed by atoms with Gasteiger partial charge >= 0.3 is 5.97 Å². The summed E-state index contributed by atoms with van der Waals surface area (Å²) >= 11 is 0. The lowest BCUT2D eigenvalue weighted by Crippen LogP contribution is -2.41. The second kappa shape index (κ2) is 8.81. The van der Waals surface area contributed by atoms with Gasteiger partial charge in [-0.15, -0.1) is 0 Å². The summed E-state index contributed by atoms with van der Waals surface area (Å²) in [4.78, 5) is 12.8. The molecule has 0 aliphatic carbocycles. The van der Waals surface area contributed by atoms with E-state index in [1.165, 1.54) is 5.56 Å². The zero-order valence-electron chi connectivity index (χ0n) is 19.9. The minimum Gasteiger partial charge on any atom is -0.507 e. The number of aromatic hydroxyl groups is 1. The van der Waals surface area contributed by atoms with Crippen molar-refractivity contribution in [3.05, 3.63) is 64.7 Å². The SMILES string of the molecule is CC(C)(C)c1cc(C(=O)OCC[N+](C)(C)Cc2ccccc2)cc(C(C)(C)C)c1O. The van der Waals surface area contributed by atoms with E-state index in [1.54, 1.807) is 12.1 Å². The Morgan fingerprint density at radius 3 is 1.90 bits per heavy atom. The molecule has 2 rings (SSSR count). The Kier molecular flexibility index (Phi) is 7.03. The first-order chi connectivity index (χ1) is 13.7. The standard InChI is InChI=1S/C26H37NO3/c1-25(2,3)21-16-20(17-22(23(21)28)26(4,5)6)24(29)30-15-14-27(7,8)18-19-12-10-9-11-13-19/h9-13,16-17H,14-15,18H2,1-8H3/p+1. The molecule has 0 heterocycles. The summed E-state index contributed by atoms with van der Waals surface area (Å²) in [5.74, 6) is -0.0714. The van der Waals surface area contributed by atoms with Crippen LogP contribution in [0.5, 0.6) is 5.75 Å². The molecule has 0 unspecified atom stereocenters. The highest BCUT2D eigenvalue weighted by Gasteiger charge is 2.28. The largest absolute Gasteiger partial charge is 0.507 e. The Morgan fingerprint density at radius 1 is 0.933 bits per heavy atom. The molecule has 1 N–H and O–H groups in total. The van der Waals surface area contributed by atoms with E-state index in [0.717, 1.165) is 28.7 Å². The number of hydrogen-bond acceptors (Lipinski definition) is 3. The van der Waals surface area contributed by atoms with E-state index in [9.17, 15) is 9.90 Å². The molecule has 0 amide bonds. The minimum absolute atomic E-state index is 0.271. The highest BCUT2D eigenvalue weighted by atomic mass is 16.5. The van der Waals surface area contributed by atoms with Crippen molar-refractivity contribution in [1.29, 1.82) is 0 Å². The van der Waals surface area contributed by atoms with Gasteiger partial charge < -0.3 is 14.3 Å². The average molecular weight is 413 g/mol. The Labute approximate surface area is 182 Å². The van der Waals surface area contributed by atoms with Crippen LogP contribution in [-0.4, -0.2) is 42.8 Å². The third-order valence-corrected chi connectivity index (χ3v) is 5.34. The fourth-order valence-corrected chi connectivity index (χ4v) is 3.52. The number of rotatable bonds is 6. The monoisotopic (exact) mass is 412 g/mol. The number of carbonyl (C=O) groups excluding carboxylic acids is 1. The van der Waals surface area contributed by atoms with E-state index in [-0.39, 0.29) is 22.5 Å². The lowest BCUT2D eigenvalue weighted by molar-refractivity contribution is -0.903. The molecule has 0 saturated carbocycles. The fraction of sp³-hybridized carbons (Fsp3) is 0.500. The van der Waals surface area contributed by atoms with Crippen molar-refractivity contribution < 1.29 is 19.1 Å². The summed E-state index contributed by atoms with van der Waals surface area (Å²) in [5.41, 5.74) is 2.72. The molecule has 0 aliphatic heterocycles. The first kappa shape index (κ1) is 23.9. The maximum atomic E-state index is 12.8. The van der Waals surface area contributed by atoms with Crippen LogP contribution < -0.4 is 0 Å². The predicted molar refractivity (Wildman–Crippen MR) is 123 cm³/mol. The minimum atomic E-state index is -0.342. The molecule has 0 spiro atoms. The number of benzene rings is 2. The molecule has 30 heavy (non-hydrogen) atoms. The van der Waals surface area contributed by atoms with Crippen LogP contribution >= 0.6 is 0 Å². The van der Waals surface area contributed by atoms with Crippen molar-refractivity contribution in [3.8, 4) is 5.75 Å². The van der Waals surface area contributed by atoms with E-state index in [1.807, 2.05) is 59.7 Å². The molecular weight excluding hydrogens is 374 g/mol. The molecule has 0 aromatic heterocycles. The summed E-state index contributed by atoms with van der Waals surface area (Å²) in [7, 11) is 4.27. The number of carbonyl (C=O) groups is 1. The molecule has 4 heteroatoms. The third kappa shape index (κ3) is 6.33. The van der Waals surface area contributed by atoms with Gasteiger partial charge in [-0.2, -0.15) is 0 Å². The topological polar surface area (TPSA) is 46.5 Å². The molecule has 164 valence electrons. The first-order valence-corrected chi connectivity index (χ1v) is 10.6. The lowest BCUT2D eigenvalue weighted by atomic mass is 9.78. The van der Waals surface area contributed by atoms with Crippen LogP contribution in [0.1, 0.15) is 68.6 Å². The van der Waals surface area contributed by atoms with Crippen molar-refractivity contribution in [2.24, 2.45) is 0 Å². The molecule has 0 saturated heterocycles. The van der Waals surface area contributed by atoms with Gasteiger partial charge in [0.2, 0.25) is 0 Å². The number of likely N-dealkylation sites (N-methyl/N-ethyl adjacent to an activating group) is 1. The Morgan fingerprint density at radius 2 is 1.43 bits per heavy atom. The zero-order chi connectivity index (χ0) is 22.7. The van der Waals surface area contributed by atoms with E-state index in [4.69, 9.17) is 4.74 Å². The Bertz CT molecular complexity index is 836. The van der Waals surface area contributed by atoms with Crippen LogP contribution in [0.3, 0.4) is 0 Å². The third-order valence-electron chi connectivity index (χ3n) is 5.34. The summed E-state index contributed by atoms with van der Waals surface area (Å²) in [6, 6.07) is 13.9. The highest BCUT2D eigenvalue weighted by Crippen LogP contribution is 2.39. The van der Waals surface area contributed by atoms with E-state index >= 15 is 0 Å². The van der Waals surface area contributed by atoms with Crippen LogP contribution in [0.2, 0.25) is 0 Å². The van der Waals surface area contributed by atoms with Crippen molar-refractivity contribution in [1.82, 2.24) is 0 Å². The summed E-state index contributed by atoms with van der Waals surface area (Å²) in [6.07, 6.45) is 0. The van der Waals surface area contributed by atoms with E-state index < -0.39 is 0 Å². The Hall–Kier alpha value is -2.33. The van der Waals surface area contributed by atoms with Gasteiger partial charge in [-0.25, -0.2) is 4.79 Å². The van der Waals surface area contributed by atoms with Crippen LogP contribution in [0.25, 0.3) is 0 Å². The quantitative estimate of drug-likeness (QED) is 0.509. The van der Waals surface area contributed by atoms with E-state index in [2.05, 4.69) is 26.2 Å². The number of ether oxygens (including phenoxy) is 1. The van der Waals surface area contributed by atoms with Gasteiger partial charge in [0.25, 0.3) is 0 Å². The smallest absolute Gasteiger partial charge is 0.338 e. The van der Waals surface area contributed by atoms with Crippen LogP contribution in [-0.2, 0) is 22.1 Å². The molecular formula is C26H38NO3+. The number of phenols is 1. The van der Waals surface area contributed by atoms with Gasteiger partial charge in [-0.3, -0.25) is 0 Å². The molecule has 0 fully saturated rings. The van der Waals surface area contributed by atoms with Crippen molar-refractivity contribution >= 4 is 5.97 Å². The van der Waals surface area contributed by atoms with Crippen LogP contribution in [0, 0.1) is 0 Å². The number of phenolic OH excluding ortho intramolecular Hbond substituents is 1. The second-order valence-corrected chi connectivity index (χ2v) is 10.9. The number of nitrogens with zero attached hydrogens (tertiary/aromatic N) is 1. The summed E-state index contributed by atoms with van der Waals surface area (Å²) in [6.45, 7) is 14.1. The summed E-state index contributed by atoms with van der Waals surface area (Å²) < 4.78 is 6.37. The molecule has 0 atom stereocenters. The number of esters is 1. The highest BCUT2D eigenvalue weighted by molar-refractivity contribution is 5.90. The molecule has 0 bridgehead atoms. The van der Waals surface area contributed by atoms with Gasteiger partial charge in [0.15, 0.2) is 0 Å². The van der Waals surface area contributed by atoms with Gasteiger partial charge in [-0.05, 0) is 23.0 Å². The number of hydrogen-bond donors (Lipinski definition) is 1. The normalized spacial score (nSPS) is 12.7. The van der Waals surface area contributed by atoms with Crippen molar-refractivity contribution in [2.45, 2.75) is 58.9 Å². The fourth-order valence-electron chi connectivity index (χ4n) is 3.52. The van der Waals surface area contributed by atoms with Gasteiger partial charge in [0.1, 0.15) is 25.4 Å². The van der Waals surface area contributed by atoms with Crippen LogP contribution in [0.15, 0.2) is 42.5 Å². The van der Waals surface area contributed by atoms with Crippen molar-refractivity contribution in [3.63, 3.8) is 0 Å².